The second-order valence-electron chi connectivity index (χ2n) is 7.81. The van der Waals surface area contributed by atoms with E-state index in [1.165, 1.54) is 24.3 Å². The van der Waals surface area contributed by atoms with Crippen LogP contribution >= 0.6 is 0 Å². The minimum absolute atomic E-state index is 0.0733. The van der Waals surface area contributed by atoms with Crippen LogP contribution in [0.4, 0.5) is 11.4 Å². The Morgan fingerprint density at radius 1 is 0.694 bits per heavy atom. The predicted molar refractivity (Wildman–Crippen MR) is 141 cm³/mol. The zero-order valence-corrected chi connectivity index (χ0v) is 20.5. The highest BCUT2D eigenvalue weighted by molar-refractivity contribution is 7.92. The lowest BCUT2D eigenvalue weighted by molar-refractivity contribution is -0.118. The Morgan fingerprint density at radius 2 is 1.25 bits per heavy atom. The van der Waals surface area contributed by atoms with Gasteiger partial charge >= 0.3 is 0 Å². The molecule has 1 amide bonds. The van der Waals surface area contributed by atoms with E-state index in [0.29, 0.717) is 29.5 Å². The first-order valence-corrected chi connectivity index (χ1v) is 12.8. The average molecular weight is 503 g/mol. The van der Waals surface area contributed by atoms with E-state index in [4.69, 9.17) is 9.47 Å². The van der Waals surface area contributed by atoms with E-state index in [9.17, 15) is 13.2 Å². The maximum Gasteiger partial charge on any atom is 0.262 e. The maximum absolute atomic E-state index is 12.7. The van der Waals surface area contributed by atoms with E-state index in [1.807, 2.05) is 61.5 Å². The number of carbonyl (C=O) groups excluding carboxylic acids is 1. The lowest BCUT2D eigenvalue weighted by Crippen LogP contribution is -2.20. The molecule has 0 aromatic heterocycles. The monoisotopic (exact) mass is 502 g/mol. The van der Waals surface area contributed by atoms with Crippen molar-refractivity contribution in [2.75, 3.05) is 23.3 Å². The number of anilines is 2. The van der Waals surface area contributed by atoms with Crippen LogP contribution in [-0.2, 0) is 14.8 Å². The van der Waals surface area contributed by atoms with E-state index in [-0.39, 0.29) is 17.4 Å². The van der Waals surface area contributed by atoms with E-state index >= 15 is 0 Å². The molecule has 7 nitrogen and oxygen atoms in total. The van der Waals surface area contributed by atoms with Gasteiger partial charge in [0.2, 0.25) is 0 Å². The van der Waals surface area contributed by atoms with Crippen molar-refractivity contribution in [1.82, 2.24) is 0 Å². The molecule has 8 heteroatoms. The Morgan fingerprint density at radius 3 is 1.89 bits per heavy atom. The molecule has 0 atom stereocenters. The van der Waals surface area contributed by atoms with Crippen LogP contribution in [0.5, 0.6) is 11.5 Å². The molecule has 0 aliphatic carbocycles. The lowest BCUT2D eigenvalue weighted by Gasteiger charge is -2.11. The number of nitrogens with one attached hydrogen (secondary N) is 2. The molecule has 0 unspecified atom stereocenters. The Hall–Kier alpha value is -4.30. The van der Waals surface area contributed by atoms with Gasteiger partial charge in [0.25, 0.3) is 15.9 Å². The molecular formula is C28H26N2O5S. The van der Waals surface area contributed by atoms with Gasteiger partial charge in [-0.25, -0.2) is 8.42 Å². The largest absolute Gasteiger partial charge is 0.494 e. The fraction of sp³-hybridized carbons (Fsp3) is 0.107. The van der Waals surface area contributed by atoms with Crippen LogP contribution in [0.25, 0.3) is 11.1 Å². The summed E-state index contributed by atoms with van der Waals surface area (Å²) in [6.45, 7) is 2.23. The Balaban J connectivity index is 1.29. The molecule has 0 saturated heterocycles. The van der Waals surface area contributed by atoms with Crippen LogP contribution in [0, 0.1) is 0 Å². The normalized spacial score (nSPS) is 10.9. The molecule has 0 fully saturated rings. The molecule has 4 aromatic carbocycles. The summed E-state index contributed by atoms with van der Waals surface area (Å²) in [5.41, 5.74) is 3.04. The molecule has 0 aliphatic rings. The molecule has 184 valence electrons. The zero-order chi connectivity index (χ0) is 25.4. The van der Waals surface area contributed by atoms with Crippen molar-refractivity contribution in [3.05, 3.63) is 103 Å². The molecule has 0 radical (unpaired) electrons. The Kier molecular flexibility index (Phi) is 7.87. The van der Waals surface area contributed by atoms with Crippen molar-refractivity contribution in [1.29, 1.82) is 0 Å². The molecular weight excluding hydrogens is 476 g/mol. The highest BCUT2D eigenvalue weighted by atomic mass is 32.2. The molecule has 0 saturated carbocycles. The predicted octanol–water partition coefficient (Wildman–Crippen LogP) is 5.57. The van der Waals surface area contributed by atoms with Crippen LogP contribution in [0.15, 0.2) is 108 Å². The number of hydrogen-bond acceptors (Lipinski definition) is 5. The smallest absolute Gasteiger partial charge is 0.262 e. The molecule has 0 heterocycles. The van der Waals surface area contributed by atoms with Gasteiger partial charge in [-0.15, -0.1) is 0 Å². The molecule has 0 bridgehead atoms. The summed E-state index contributed by atoms with van der Waals surface area (Å²) >= 11 is 0. The van der Waals surface area contributed by atoms with Gasteiger partial charge in [-0.3, -0.25) is 9.52 Å². The van der Waals surface area contributed by atoms with Gasteiger partial charge in [-0.05, 0) is 78.7 Å². The zero-order valence-electron chi connectivity index (χ0n) is 19.7. The second kappa shape index (κ2) is 11.4. The number of carbonyl (C=O) groups is 1. The van der Waals surface area contributed by atoms with E-state index in [0.717, 1.165) is 11.1 Å². The van der Waals surface area contributed by atoms with Crippen LogP contribution in [0.2, 0.25) is 0 Å². The topological polar surface area (TPSA) is 93.7 Å². The fourth-order valence-corrected chi connectivity index (χ4v) is 4.50. The van der Waals surface area contributed by atoms with Crippen LogP contribution in [0.1, 0.15) is 6.92 Å². The van der Waals surface area contributed by atoms with Crippen molar-refractivity contribution in [3.63, 3.8) is 0 Å². The first kappa shape index (κ1) is 24.8. The van der Waals surface area contributed by atoms with Crippen LogP contribution in [0.3, 0.4) is 0 Å². The van der Waals surface area contributed by atoms with Gasteiger partial charge in [0.1, 0.15) is 11.5 Å². The number of ether oxygens (including phenoxy) is 2. The molecule has 2 N–H and O–H groups in total. The minimum atomic E-state index is -3.78. The van der Waals surface area contributed by atoms with Crippen molar-refractivity contribution in [2.24, 2.45) is 0 Å². The number of hydrogen-bond donors (Lipinski definition) is 2. The molecule has 36 heavy (non-hydrogen) atoms. The molecule has 4 aromatic rings. The number of amides is 1. The Bertz CT molecular complexity index is 1390. The minimum Gasteiger partial charge on any atom is -0.494 e. The van der Waals surface area contributed by atoms with Gasteiger partial charge in [0, 0.05) is 11.4 Å². The lowest BCUT2D eigenvalue weighted by atomic mass is 10.1. The highest BCUT2D eigenvalue weighted by Crippen LogP contribution is 2.23. The fourth-order valence-electron chi connectivity index (χ4n) is 3.44. The summed E-state index contributed by atoms with van der Waals surface area (Å²) < 4.78 is 38.8. The molecule has 4 rings (SSSR count). The van der Waals surface area contributed by atoms with E-state index < -0.39 is 10.0 Å². The second-order valence-corrected chi connectivity index (χ2v) is 9.50. The van der Waals surface area contributed by atoms with Crippen molar-refractivity contribution < 1.29 is 22.7 Å². The van der Waals surface area contributed by atoms with Crippen molar-refractivity contribution in [2.45, 2.75) is 11.8 Å². The first-order valence-electron chi connectivity index (χ1n) is 11.4. The Labute approximate surface area is 210 Å². The summed E-state index contributed by atoms with van der Waals surface area (Å²) in [5.74, 6) is 0.880. The van der Waals surface area contributed by atoms with Crippen molar-refractivity contribution >= 4 is 27.3 Å². The van der Waals surface area contributed by atoms with Gasteiger partial charge < -0.3 is 14.8 Å². The SMILES string of the molecule is CCOc1ccc(NS(=O)(=O)c2ccc(NC(=O)COc3ccc(-c4ccccc4)cc3)cc2)cc1. The van der Waals surface area contributed by atoms with Crippen LogP contribution < -0.4 is 19.5 Å². The average Bonchev–Trinajstić information content (AvgIpc) is 2.90. The quantitative estimate of drug-likeness (QED) is 0.296. The van der Waals surface area contributed by atoms with Crippen molar-refractivity contribution in [3.8, 4) is 22.6 Å². The third-order valence-corrected chi connectivity index (χ3v) is 6.59. The van der Waals surface area contributed by atoms with E-state index in [2.05, 4.69) is 10.0 Å². The molecule has 0 aliphatic heterocycles. The maximum atomic E-state index is 12.7. The summed E-state index contributed by atoms with van der Waals surface area (Å²) in [7, 11) is -3.78. The third kappa shape index (κ3) is 6.64. The summed E-state index contributed by atoms with van der Waals surface area (Å²) in [5, 5.41) is 2.70. The summed E-state index contributed by atoms with van der Waals surface area (Å²) in [6, 6.07) is 30.0. The van der Waals surface area contributed by atoms with Gasteiger partial charge in [0.05, 0.1) is 11.5 Å². The van der Waals surface area contributed by atoms with Gasteiger partial charge in [-0.2, -0.15) is 0 Å². The number of sulfonamides is 1. The van der Waals surface area contributed by atoms with E-state index in [1.54, 1.807) is 24.3 Å². The highest BCUT2D eigenvalue weighted by Gasteiger charge is 2.14. The molecule has 0 spiro atoms. The van der Waals surface area contributed by atoms with Gasteiger partial charge in [0.15, 0.2) is 6.61 Å². The van der Waals surface area contributed by atoms with Gasteiger partial charge in [-0.1, -0.05) is 42.5 Å². The number of benzene rings is 4. The standard InChI is InChI=1S/C28H26N2O5S/c1-2-34-25-16-10-24(11-17-25)30-36(32,33)27-18-12-23(13-19-27)29-28(31)20-35-26-14-8-22(9-15-26)21-6-4-3-5-7-21/h3-19,30H,2,20H2,1H3,(H,29,31). The summed E-state index contributed by atoms with van der Waals surface area (Å²) in [4.78, 5) is 12.4. The first-order chi connectivity index (χ1) is 17.4. The summed E-state index contributed by atoms with van der Waals surface area (Å²) in [6.07, 6.45) is 0. The van der Waals surface area contributed by atoms with Crippen LogP contribution in [-0.4, -0.2) is 27.5 Å². The third-order valence-electron chi connectivity index (χ3n) is 5.20. The number of rotatable bonds is 10.